The van der Waals surface area contributed by atoms with E-state index < -0.39 is 0 Å². The van der Waals surface area contributed by atoms with Crippen LogP contribution in [0.3, 0.4) is 0 Å². The lowest BCUT2D eigenvalue weighted by atomic mass is 9.80. The van der Waals surface area contributed by atoms with Crippen molar-refractivity contribution >= 4 is 0 Å². The number of hydrogen-bond acceptors (Lipinski definition) is 3. The van der Waals surface area contributed by atoms with Crippen LogP contribution in [0.4, 0.5) is 4.39 Å². The van der Waals surface area contributed by atoms with E-state index in [1.807, 2.05) is 6.92 Å². The Balaban J connectivity index is 2.02. The molecule has 1 N–H and O–H groups in total. The highest BCUT2D eigenvalue weighted by Gasteiger charge is 2.27. The second kappa shape index (κ2) is 7.02. The summed E-state index contributed by atoms with van der Waals surface area (Å²) in [7, 11) is 0. The van der Waals surface area contributed by atoms with Gasteiger partial charge in [0.15, 0.2) is 5.82 Å². The number of hydrogen-bond donors (Lipinski definition) is 1. The van der Waals surface area contributed by atoms with Crippen molar-refractivity contribution in [3.63, 3.8) is 0 Å². The summed E-state index contributed by atoms with van der Waals surface area (Å²) < 4.78 is 20.1. The molecular formula is C16H25FN2O. The average molecular weight is 280 g/mol. The van der Waals surface area contributed by atoms with E-state index in [2.05, 4.69) is 24.1 Å². The first-order valence-corrected chi connectivity index (χ1v) is 7.62. The molecule has 1 fully saturated rings. The molecule has 20 heavy (non-hydrogen) atoms. The molecule has 1 aliphatic carbocycles. The Morgan fingerprint density at radius 1 is 1.35 bits per heavy atom. The van der Waals surface area contributed by atoms with Crippen molar-refractivity contribution in [1.29, 1.82) is 0 Å². The Bertz CT molecular complexity index is 438. The topological polar surface area (TPSA) is 34.2 Å². The number of ether oxygens (including phenoxy) is 1. The molecule has 1 heterocycles. The molecule has 0 spiro atoms. The third kappa shape index (κ3) is 3.69. The Morgan fingerprint density at radius 3 is 2.85 bits per heavy atom. The fraction of sp³-hybridized carbons (Fsp3) is 0.688. The second-order valence-corrected chi connectivity index (χ2v) is 5.88. The quantitative estimate of drug-likeness (QED) is 0.896. The number of nitrogens with zero attached hydrogens (tertiary/aromatic N) is 1. The van der Waals surface area contributed by atoms with Gasteiger partial charge in [0, 0.05) is 18.3 Å². The van der Waals surface area contributed by atoms with E-state index in [1.54, 1.807) is 12.3 Å². The van der Waals surface area contributed by atoms with Crippen molar-refractivity contribution in [2.45, 2.75) is 52.7 Å². The summed E-state index contributed by atoms with van der Waals surface area (Å²) in [6, 6.07) is 1.70. The zero-order chi connectivity index (χ0) is 14.5. The van der Waals surface area contributed by atoms with Crippen LogP contribution in [0.5, 0.6) is 5.88 Å². The molecule has 0 aliphatic heterocycles. The summed E-state index contributed by atoms with van der Waals surface area (Å²) in [4.78, 5) is 4.06. The highest BCUT2D eigenvalue weighted by molar-refractivity contribution is 5.23. The molecule has 0 radical (unpaired) electrons. The molecule has 0 bridgehead atoms. The van der Waals surface area contributed by atoms with Gasteiger partial charge in [-0.1, -0.05) is 20.8 Å². The number of pyridine rings is 1. The molecule has 0 aromatic carbocycles. The molecule has 2 rings (SSSR count). The van der Waals surface area contributed by atoms with Gasteiger partial charge in [0.05, 0.1) is 0 Å². The first kappa shape index (κ1) is 15.2. The third-order valence-corrected chi connectivity index (χ3v) is 4.33. The van der Waals surface area contributed by atoms with Crippen molar-refractivity contribution in [1.82, 2.24) is 10.3 Å². The summed E-state index contributed by atoms with van der Waals surface area (Å²) >= 11 is 0. The van der Waals surface area contributed by atoms with E-state index in [1.165, 1.54) is 0 Å². The van der Waals surface area contributed by atoms with Gasteiger partial charge < -0.3 is 10.1 Å². The van der Waals surface area contributed by atoms with Gasteiger partial charge in [-0.05, 0) is 43.7 Å². The van der Waals surface area contributed by atoms with Crippen molar-refractivity contribution in [2.24, 2.45) is 11.8 Å². The SMILES string of the molecule is CCNCc1ccnc(OC2CCC(C)C(C)C2)c1F. The van der Waals surface area contributed by atoms with Crippen LogP contribution in [0.2, 0.25) is 0 Å². The zero-order valence-electron chi connectivity index (χ0n) is 12.7. The fourth-order valence-corrected chi connectivity index (χ4v) is 2.70. The van der Waals surface area contributed by atoms with E-state index in [4.69, 9.17) is 4.74 Å². The van der Waals surface area contributed by atoms with Gasteiger partial charge >= 0.3 is 0 Å². The molecule has 112 valence electrons. The Kier molecular flexibility index (Phi) is 5.35. The van der Waals surface area contributed by atoms with Crippen LogP contribution >= 0.6 is 0 Å². The summed E-state index contributed by atoms with van der Waals surface area (Å²) in [5.74, 6) is 1.20. The van der Waals surface area contributed by atoms with Gasteiger partial charge in [-0.15, -0.1) is 0 Å². The van der Waals surface area contributed by atoms with Crippen LogP contribution in [0.25, 0.3) is 0 Å². The minimum Gasteiger partial charge on any atom is -0.472 e. The fourth-order valence-electron chi connectivity index (χ4n) is 2.70. The Labute approximate surface area is 120 Å². The Hall–Kier alpha value is -1.16. The lowest BCUT2D eigenvalue weighted by Gasteiger charge is -2.32. The van der Waals surface area contributed by atoms with E-state index in [0.717, 1.165) is 31.7 Å². The minimum atomic E-state index is -0.320. The molecule has 1 aromatic rings. The highest BCUT2D eigenvalue weighted by atomic mass is 19.1. The monoisotopic (exact) mass is 280 g/mol. The number of aromatic nitrogens is 1. The molecule has 3 atom stereocenters. The third-order valence-electron chi connectivity index (χ3n) is 4.33. The molecule has 4 heteroatoms. The first-order valence-electron chi connectivity index (χ1n) is 7.62. The molecule has 3 unspecified atom stereocenters. The smallest absolute Gasteiger partial charge is 0.250 e. The van der Waals surface area contributed by atoms with Crippen LogP contribution in [-0.4, -0.2) is 17.6 Å². The maximum atomic E-state index is 14.3. The molecule has 3 nitrogen and oxygen atoms in total. The number of rotatable bonds is 5. The summed E-state index contributed by atoms with van der Waals surface area (Å²) in [5.41, 5.74) is 0.620. The minimum absolute atomic E-state index is 0.0950. The highest BCUT2D eigenvalue weighted by Crippen LogP contribution is 2.32. The van der Waals surface area contributed by atoms with Crippen molar-refractivity contribution in [2.75, 3.05) is 6.54 Å². The molecule has 1 aliphatic rings. The lowest BCUT2D eigenvalue weighted by Crippen LogP contribution is -2.29. The van der Waals surface area contributed by atoms with Gasteiger partial charge in [-0.3, -0.25) is 0 Å². The van der Waals surface area contributed by atoms with E-state index in [0.29, 0.717) is 18.0 Å². The average Bonchev–Trinajstić information content (AvgIpc) is 2.44. The number of halogens is 1. The Morgan fingerprint density at radius 2 is 2.15 bits per heavy atom. The van der Waals surface area contributed by atoms with Gasteiger partial charge in [-0.25, -0.2) is 9.37 Å². The normalized spacial score (nSPS) is 26.5. The maximum absolute atomic E-state index is 14.3. The maximum Gasteiger partial charge on any atom is 0.250 e. The zero-order valence-corrected chi connectivity index (χ0v) is 12.7. The first-order chi connectivity index (χ1) is 9.61. The molecular weight excluding hydrogens is 255 g/mol. The van der Waals surface area contributed by atoms with Crippen molar-refractivity contribution in [3.05, 3.63) is 23.6 Å². The summed E-state index contributed by atoms with van der Waals surface area (Å²) in [5, 5.41) is 3.13. The van der Waals surface area contributed by atoms with Crippen LogP contribution in [0.15, 0.2) is 12.3 Å². The van der Waals surface area contributed by atoms with Crippen LogP contribution < -0.4 is 10.1 Å². The second-order valence-electron chi connectivity index (χ2n) is 5.88. The molecule has 0 amide bonds. The van der Waals surface area contributed by atoms with Crippen molar-refractivity contribution in [3.8, 4) is 5.88 Å². The van der Waals surface area contributed by atoms with Crippen molar-refractivity contribution < 1.29 is 9.13 Å². The van der Waals surface area contributed by atoms with E-state index in [9.17, 15) is 4.39 Å². The van der Waals surface area contributed by atoms with E-state index >= 15 is 0 Å². The van der Waals surface area contributed by atoms with Crippen LogP contribution in [0.1, 0.15) is 45.6 Å². The van der Waals surface area contributed by atoms with Crippen LogP contribution in [0, 0.1) is 17.7 Å². The van der Waals surface area contributed by atoms with Crippen LogP contribution in [-0.2, 0) is 6.54 Å². The van der Waals surface area contributed by atoms with Gasteiger partial charge in [0.2, 0.25) is 0 Å². The van der Waals surface area contributed by atoms with Gasteiger partial charge in [0.1, 0.15) is 6.10 Å². The standard InChI is InChI=1S/C16H25FN2O/c1-4-18-10-13-7-8-19-16(15(13)17)20-14-6-5-11(2)12(3)9-14/h7-8,11-12,14,18H,4-6,9-10H2,1-3H3. The predicted octanol–water partition coefficient (Wildman–Crippen LogP) is 3.53. The molecule has 1 saturated carbocycles. The van der Waals surface area contributed by atoms with Gasteiger partial charge in [-0.2, -0.15) is 0 Å². The lowest BCUT2D eigenvalue weighted by molar-refractivity contribution is 0.0920. The predicted molar refractivity (Wildman–Crippen MR) is 78.2 cm³/mol. The molecule has 0 saturated heterocycles. The molecule has 1 aromatic heterocycles. The van der Waals surface area contributed by atoms with Gasteiger partial charge in [0.25, 0.3) is 5.88 Å². The summed E-state index contributed by atoms with van der Waals surface area (Å²) in [6.45, 7) is 7.85. The summed E-state index contributed by atoms with van der Waals surface area (Å²) in [6.07, 6.45) is 4.84. The number of nitrogens with one attached hydrogen (secondary N) is 1. The van der Waals surface area contributed by atoms with E-state index in [-0.39, 0.29) is 17.8 Å². The largest absolute Gasteiger partial charge is 0.472 e.